The maximum absolute atomic E-state index is 10.9. The number of carbonyl (C=O) groups is 1. The van der Waals surface area contributed by atoms with Crippen LogP contribution in [0.4, 0.5) is 0 Å². The van der Waals surface area contributed by atoms with Crippen LogP contribution in [-0.2, 0) is 9.53 Å². The van der Waals surface area contributed by atoms with Gasteiger partial charge in [0.05, 0.1) is 6.54 Å². The van der Waals surface area contributed by atoms with E-state index in [2.05, 4.69) is 23.8 Å². The monoisotopic (exact) mass is 315 g/mol. The predicted octanol–water partition coefficient (Wildman–Crippen LogP) is 2.40. The Morgan fingerprint density at radius 2 is 2.26 bits per heavy atom. The van der Waals surface area contributed by atoms with Crippen molar-refractivity contribution in [3.63, 3.8) is 0 Å². The Morgan fingerprint density at radius 1 is 1.48 bits per heavy atom. The van der Waals surface area contributed by atoms with E-state index < -0.39 is 5.91 Å². The van der Waals surface area contributed by atoms with E-state index >= 15 is 0 Å². The van der Waals surface area contributed by atoms with Crippen LogP contribution < -0.4 is 11.1 Å². The fourth-order valence-electron chi connectivity index (χ4n) is 1.73. The molecule has 0 aromatic carbocycles. The molecule has 1 aliphatic heterocycles. The summed E-state index contributed by atoms with van der Waals surface area (Å²) in [6.07, 6.45) is 11.9. The molecule has 0 spiro atoms. The Kier molecular flexibility index (Phi) is 8.39. The Bertz CT molecular complexity index is 581. The third kappa shape index (κ3) is 7.42. The standard InChI is InChI=1S/C18H25N3O2/c1-4-10-20-11-15-7-9-17(13-21-12-15)23-16(5-2)8-6-14(3)18(19)22/h5-9,12,20H,3-4,10-11,13H2,1-2H3,(H2,19,22)/b8-6-,16-5+. The first-order chi connectivity index (χ1) is 11.1. The number of primary amides is 1. The second-order valence-corrected chi connectivity index (χ2v) is 5.04. The van der Waals surface area contributed by atoms with E-state index in [-0.39, 0.29) is 5.57 Å². The molecule has 0 atom stereocenters. The number of nitrogens with two attached hydrogens (primary N) is 1. The normalized spacial score (nSPS) is 15.1. The van der Waals surface area contributed by atoms with Crippen LogP contribution in [0.25, 0.3) is 0 Å². The van der Waals surface area contributed by atoms with Crippen molar-refractivity contribution in [2.75, 3.05) is 19.6 Å². The molecule has 1 rings (SSSR count). The van der Waals surface area contributed by atoms with Gasteiger partial charge in [0.2, 0.25) is 5.91 Å². The van der Waals surface area contributed by atoms with Gasteiger partial charge in [0, 0.05) is 18.3 Å². The average Bonchev–Trinajstić information content (AvgIpc) is 2.76. The van der Waals surface area contributed by atoms with Gasteiger partial charge < -0.3 is 15.8 Å². The van der Waals surface area contributed by atoms with Crippen molar-refractivity contribution >= 4 is 12.1 Å². The minimum absolute atomic E-state index is 0.227. The van der Waals surface area contributed by atoms with E-state index in [0.29, 0.717) is 12.3 Å². The fourth-order valence-corrected chi connectivity index (χ4v) is 1.73. The molecule has 1 amide bonds. The minimum Gasteiger partial charge on any atom is -0.460 e. The number of amides is 1. The Hall–Kier alpha value is -2.40. The first kappa shape index (κ1) is 18.6. The summed E-state index contributed by atoms with van der Waals surface area (Å²) in [5.41, 5.74) is 6.47. The number of rotatable bonds is 9. The van der Waals surface area contributed by atoms with Crippen LogP contribution in [0.3, 0.4) is 0 Å². The van der Waals surface area contributed by atoms with Gasteiger partial charge in [-0.2, -0.15) is 0 Å². The van der Waals surface area contributed by atoms with Crippen molar-refractivity contribution < 1.29 is 9.53 Å². The lowest BCUT2D eigenvalue weighted by Gasteiger charge is -2.07. The van der Waals surface area contributed by atoms with E-state index in [4.69, 9.17) is 10.5 Å². The van der Waals surface area contributed by atoms with Gasteiger partial charge in [0.15, 0.2) is 0 Å². The van der Waals surface area contributed by atoms with Crippen molar-refractivity contribution in [2.24, 2.45) is 10.7 Å². The molecule has 0 fully saturated rings. The summed E-state index contributed by atoms with van der Waals surface area (Å²) in [4.78, 5) is 15.3. The maximum atomic E-state index is 10.9. The number of aliphatic imine (C=N–C) groups is 1. The number of hydrogen-bond acceptors (Lipinski definition) is 4. The molecule has 5 nitrogen and oxygen atoms in total. The lowest BCUT2D eigenvalue weighted by Crippen LogP contribution is -2.18. The van der Waals surface area contributed by atoms with Crippen LogP contribution >= 0.6 is 0 Å². The predicted molar refractivity (Wildman–Crippen MR) is 95.0 cm³/mol. The van der Waals surface area contributed by atoms with Crippen LogP contribution in [0.5, 0.6) is 0 Å². The Labute approximate surface area is 138 Å². The summed E-state index contributed by atoms with van der Waals surface area (Å²) in [5.74, 6) is 0.783. The highest BCUT2D eigenvalue weighted by molar-refractivity contribution is 5.94. The van der Waals surface area contributed by atoms with Crippen molar-refractivity contribution in [1.82, 2.24) is 5.32 Å². The van der Waals surface area contributed by atoms with Gasteiger partial charge in [-0.05, 0) is 49.8 Å². The summed E-state index contributed by atoms with van der Waals surface area (Å²) in [6.45, 7) is 9.79. The molecule has 0 saturated heterocycles. The van der Waals surface area contributed by atoms with E-state index in [0.717, 1.165) is 30.8 Å². The largest absolute Gasteiger partial charge is 0.460 e. The topological polar surface area (TPSA) is 76.7 Å². The molecule has 0 saturated carbocycles. The SMILES string of the molecule is C=C(/C=C\C(=C/C)OC1=CC=C(CNCCC)C=NC1)C(N)=O. The molecule has 0 unspecified atom stereocenters. The van der Waals surface area contributed by atoms with Crippen LogP contribution in [0.2, 0.25) is 0 Å². The number of nitrogens with zero attached hydrogens (tertiary/aromatic N) is 1. The van der Waals surface area contributed by atoms with Crippen LogP contribution in [0, 0.1) is 0 Å². The number of allylic oxidation sites excluding steroid dienone is 4. The van der Waals surface area contributed by atoms with Crippen molar-refractivity contribution in [1.29, 1.82) is 0 Å². The Balaban J connectivity index is 2.66. The molecule has 124 valence electrons. The van der Waals surface area contributed by atoms with E-state index in [9.17, 15) is 4.79 Å². The van der Waals surface area contributed by atoms with Gasteiger partial charge >= 0.3 is 0 Å². The summed E-state index contributed by atoms with van der Waals surface area (Å²) in [6, 6.07) is 0. The van der Waals surface area contributed by atoms with Gasteiger partial charge in [-0.3, -0.25) is 9.79 Å². The molecular weight excluding hydrogens is 290 g/mol. The maximum Gasteiger partial charge on any atom is 0.248 e. The molecule has 0 aromatic heterocycles. The zero-order valence-corrected chi connectivity index (χ0v) is 13.8. The van der Waals surface area contributed by atoms with E-state index in [1.54, 1.807) is 12.2 Å². The minimum atomic E-state index is -0.554. The lowest BCUT2D eigenvalue weighted by molar-refractivity contribution is -0.114. The number of carbonyl (C=O) groups excluding carboxylic acids is 1. The molecule has 0 aliphatic carbocycles. The molecule has 1 heterocycles. The summed E-state index contributed by atoms with van der Waals surface area (Å²) in [7, 11) is 0. The molecule has 5 heteroatoms. The van der Waals surface area contributed by atoms with Gasteiger partial charge in [0.25, 0.3) is 0 Å². The number of ether oxygens (including phenoxy) is 1. The number of hydrogen-bond donors (Lipinski definition) is 2. The van der Waals surface area contributed by atoms with Crippen molar-refractivity contribution in [3.05, 3.63) is 59.6 Å². The molecule has 0 radical (unpaired) electrons. The van der Waals surface area contributed by atoms with Crippen LogP contribution in [-0.4, -0.2) is 31.8 Å². The highest BCUT2D eigenvalue weighted by Gasteiger charge is 2.04. The molecular formula is C18H25N3O2. The highest BCUT2D eigenvalue weighted by Crippen LogP contribution is 2.12. The third-order valence-electron chi connectivity index (χ3n) is 3.04. The second kappa shape index (κ2) is 10.3. The quantitative estimate of drug-likeness (QED) is 0.297. The summed E-state index contributed by atoms with van der Waals surface area (Å²) in [5, 5.41) is 3.34. The third-order valence-corrected chi connectivity index (χ3v) is 3.04. The van der Waals surface area contributed by atoms with Crippen LogP contribution in [0.15, 0.2) is 64.6 Å². The van der Waals surface area contributed by atoms with Gasteiger partial charge in [-0.25, -0.2) is 0 Å². The molecule has 23 heavy (non-hydrogen) atoms. The zero-order chi connectivity index (χ0) is 17.1. The zero-order valence-electron chi connectivity index (χ0n) is 13.8. The Morgan fingerprint density at radius 3 is 2.91 bits per heavy atom. The summed E-state index contributed by atoms with van der Waals surface area (Å²) >= 11 is 0. The molecule has 1 aliphatic rings. The first-order valence-electron chi connectivity index (χ1n) is 7.68. The van der Waals surface area contributed by atoms with Crippen molar-refractivity contribution in [2.45, 2.75) is 20.3 Å². The first-order valence-corrected chi connectivity index (χ1v) is 7.68. The fraction of sp³-hybridized carbons (Fsp3) is 0.333. The molecule has 0 bridgehead atoms. The van der Waals surface area contributed by atoms with Gasteiger partial charge in [-0.15, -0.1) is 0 Å². The lowest BCUT2D eigenvalue weighted by atomic mass is 10.2. The van der Waals surface area contributed by atoms with Gasteiger partial charge in [0.1, 0.15) is 11.5 Å². The average molecular weight is 315 g/mol. The molecule has 3 N–H and O–H groups in total. The van der Waals surface area contributed by atoms with Gasteiger partial charge in [-0.1, -0.05) is 19.6 Å². The second-order valence-electron chi connectivity index (χ2n) is 5.04. The van der Waals surface area contributed by atoms with Crippen molar-refractivity contribution in [3.8, 4) is 0 Å². The van der Waals surface area contributed by atoms with E-state index in [1.807, 2.05) is 25.3 Å². The molecule has 0 aromatic rings. The van der Waals surface area contributed by atoms with E-state index in [1.165, 1.54) is 6.08 Å². The number of nitrogens with one attached hydrogen (secondary N) is 1. The summed E-state index contributed by atoms with van der Waals surface area (Å²) < 4.78 is 5.79. The van der Waals surface area contributed by atoms with Crippen LogP contribution in [0.1, 0.15) is 20.3 Å². The smallest absolute Gasteiger partial charge is 0.248 e. The highest BCUT2D eigenvalue weighted by atomic mass is 16.5.